The Morgan fingerprint density at radius 3 is 2.88 bits per heavy atom. The van der Waals surface area contributed by atoms with Gasteiger partial charge in [-0.2, -0.15) is 0 Å². The van der Waals surface area contributed by atoms with Gasteiger partial charge < -0.3 is 0 Å². The molecule has 88 valence electrons. The van der Waals surface area contributed by atoms with Crippen molar-refractivity contribution in [2.75, 3.05) is 5.75 Å². The topological polar surface area (TPSA) is 34.1 Å². The molecule has 0 spiro atoms. The molecule has 0 amide bonds. The number of halogens is 1. The van der Waals surface area contributed by atoms with E-state index in [1.165, 1.54) is 23.1 Å². The van der Waals surface area contributed by atoms with Gasteiger partial charge in [0.25, 0.3) is 0 Å². The fourth-order valence-corrected chi connectivity index (χ4v) is 4.06. The fraction of sp³-hybridized carbons (Fsp3) is 0.167. The van der Waals surface area contributed by atoms with E-state index in [-0.39, 0.29) is 11.0 Å². The summed E-state index contributed by atoms with van der Waals surface area (Å²) in [5.41, 5.74) is 0.0537. The van der Waals surface area contributed by atoms with Gasteiger partial charge in [0, 0.05) is 15.1 Å². The summed E-state index contributed by atoms with van der Waals surface area (Å²) in [7, 11) is 0. The van der Waals surface area contributed by atoms with Crippen molar-refractivity contribution in [1.82, 2.24) is 0 Å². The first-order valence-corrected chi connectivity index (χ1v) is 7.19. The van der Waals surface area contributed by atoms with Gasteiger partial charge in [-0.15, -0.1) is 23.1 Å². The van der Waals surface area contributed by atoms with Crippen LogP contribution >= 0.6 is 34.7 Å². The van der Waals surface area contributed by atoms with Gasteiger partial charge in [0.05, 0.1) is 9.77 Å². The Balaban J connectivity index is 2.82. The summed E-state index contributed by atoms with van der Waals surface area (Å²) in [6, 6.07) is 5.10. The number of hydrogen-bond acceptors (Lipinski definition) is 4. The number of fused-ring (bicyclic) bond motifs is 1. The van der Waals surface area contributed by atoms with Gasteiger partial charge in [-0.3, -0.25) is 9.59 Å². The molecule has 0 fully saturated rings. The highest BCUT2D eigenvalue weighted by molar-refractivity contribution is 8.01. The average Bonchev–Trinajstić information content (AvgIpc) is 2.29. The normalized spacial score (nSPS) is 10.7. The molecule has 0 saturated carbocycles. The minimum Gasteiger partial charge on any atom is -0.298 e. The van der Waals surface area contributed by atoms with Crippen LogP contribution in [0.25, 0.3) is 10.1 Å². The van der Waals surface area contributed by atoms with Crippen LogP contribution in [0.1, 0.15) is 17.3 Å². The van der Waals surface area contributed by atoms with Gasteiger partial charge in [-0.1, -0.05) is 18.5 Å². The SMILES string of the molecule is CCSc1sc2cc(Cl)ccc2c(=O)c1C=O. The number of aldehydes is 1. The van der Waals surface area contributed by atoms with Crippen molar-refractivity contribution in [2.24, 2.45) is 0 Å². The van der Waals surface area contributed by atoms with Gasteiger partial charge in [0.1, 0.15) is 0 Å². The summed E-state index contributed by atoms with van der Waals surface area (Å²) in [6.07, 6.45) is 0.644. The predicted molar refractivity (Wildman–Crippen MR) is 74.9 cm³/mol. The number of carbonyl (C=O) groups excluding carboxylic acids is 1. The first kappa shape index (κ1) is 12.6. The van der Waals surface area contributed by atoms with Crippen molar-refractivity contribution >= 4 is 51.1 Å². The largest absolute Gasteiger partial charge is 0.298 e. The van der Waals surface area contributed by atoms with Crippen LogP contribution in [-0.4, -0.2) is 12.0 Å². The maximum absolute atomic E-state index is 12.1. The standard InChI is InChI=1S/C12H9ClO2S2/c1-2-16-12-9(6-14)11(15)8-4-3-7(13)5-10(8)17-12/h3-6H,2H2,1H3. The van der Waals surface area contributed by atoms with E-state index in [0.717, 1.165) is 14.7 Å². The van der Waals surface area contributed by atoms with E-state index in [1.54, 1.807) is 18.2 Å². The minimum absolute atomic E-state index is 0.207. The lowest BCUT2D eigenvalue weighted by molar-refractivity contribution is 0.112. The molecule has 17 heavy (non-hydrogen) atoms. The van der Waals surface area contributed by atoms with E-state index >= 15 is 0 Å². The molecule has 0 saturated heterocycles. The van der Waals surface area contributed by atoms with Crippen LogP contribution < -0.4 is 5.43 Å². The van der Waals surface area contributed by atoms with Crippen molar-refractivity contribution in [3.63, 3.8) is 0 Å². The Labute approximate surface area is 112 Å². The molecule has 2 rings (SSSR count). The van der Waals surface area contributed by atoms with Crippen LogP contribution in [0.15, 0.2) is 27.2 Å². The second-order valence-electron chi connectivity index (χ2n) is 3.32. The second-order valence-corrected chi connectivity index (χ2v) is 6.34. The monoisotopic (exact) mass is 284 g/mol. The van der Waals surface area contributed by atoms with Crippen LogP contribution in [0.2, 0.25) is 5.02 Å². The highest BCUT2D eigenvalue weighted by Gasteiger charge is 2.12. The van der Waals surface area contributed by atoms with Gasteiger partial charge in [-0.05, 0) is 24.0 Å². The molecule has 1 heterocycles. The van der Waals surface area contributed by atoms with Crippen molar-refractivity contribution in [1.29, 1.82) is 0 Å². The van der Waals surface area contributed by atoms with Gasteiger partial charge in [0.15, 0.2) is 11.7 Å². The molecule has 0 aliphatic carbocycles. The maximum Gasteiger partial charge on any atom is 0.199 e. The third-order valence-electron chi connectivity index (χ3n) is 2.25. The lowest BCUT2D eigenvalue weighted by atomic mass is 10.2. The zero-order valence-electron chi connectivity index (χ0n) is 9.03. The summed E-state index contributed by atoms with van der Waals surface area (Å²) >= 11 is 8.85. The zero-order chi connectivity index (χ0) is 12.4. The van der Waals surface area contributed by atoms with Crippen molar-refractivity contribution in [3.8, 4) is 0 Å². The Bertz CT molecular complexity index is 634. The van der Waals surface area contributed by atoms with Gasteiger partial charge in [-0.25, -0.2) is 0 Å². The van der Waals surface area contributed by atoms with Crippen molar-refractivity contribution in [3.05, 3.63) is 39.0 Å². The van der Waals surface area contributed by atoms with E-state index in [1.807, 2.05) is 6.92 Å². The van der Waals surface area contributed by atoms with E-state index in [9.17, 15) is 9.59 Å². The summed E-state index contributed by atoms with van der Waals surface area (Å²) in [6.45, 7) is 1.98. The molecule has 1 aromatic carbocycles. The summed E-state index contributed by atoms with van der Waals surface area (Å²) in [5, 5.41) is 1.15. The van der Waals surface area contributed by atoms with Crippen LogP contribution in [0.4, 0.5) is 0 Å². The summed E-state index contributed by atoms with van der Waals surface area (Å²) in [5.74, 6) is 0.822. The third kappa shape index (κ3) is 2.39. The molecular formula is C12H9ClO2S2. The molecule has 5 heteroatoms. The average molecular weight is 285 g/mol. The van der Waals surface area contributed by atoms with Crippen LogP contribution in [0.3, 0.4) is 0 Å². The van der Waals surface area contributed by atoms with Crippen molar-refractivity contribution < 1.29 is 4.79 Å². The number of thioether (sulfide) groups is 1. The van der Waals surface area contributed by atoms with Gasteiger partial charge >= 0.3 is 0 Å². The van der Waals surface area contributed by atoms with Crippen LogP contribution in [0.5, 0.6) is 0 Å². The lowest BCUT2D eigenvalue weighted by Gasteiger charge is -2.04. The molecular weight excluding hydrogens is 276 g/mol. The molecule has 1 aromatic heterocycles. The molecule has 0 N–H and O–H groups in total. The first-order chi connectivity index (χ1) is 8.17. The Morgan fingerprint density at radius 2 is 2.24 bits per heavy atom. The van der Waals surface area contributed by atoms with Gasteiger partial charge in [0.2, 0.25) is 0 Å². The molecule has 0 aliphatic rings. The summed E-state index contributed by atoms with van der Waals surface area (Å²) < 4.78 is 1.59. The fourth-order valence-electron chi connectivity index (χ4n) is 1.50. The Hall–Kier alpha value is -0.840. The molecule has 0 bridgehead atoms. The zero-order valence-corrected chi connectivity index (χ0v) is 11.4. The molecule has 0 unspecified atom stereocenters. The Kier molecular flexibility index (Phi) is 3.86. The first-order valence-electron chi connectivity index (χ1n) is 5.01. The Morgan fingerprint density at radius 1 is 1.47 bits per heavy atom. The number of rotatable bonds is 3. The smallest absolute Gasteiger partial charge is 0.199 e. The van der Waals surface area contributed by atoms with Crippen LogP contribution in [0, 0.1) is 0 Å². The maximum atomic E-state index is 12.1. The van der Waals surface area contributed by atoms with Crippen molar-refractivity contribution in [2.45, 2.75) is 11.1 Å². The van der Waals surface area contributed by atoms with Crippen LogP contribution in [-0.2, 0) is 0 Å². The van der Waals surface area contributed by atoms with E-state index in [2.05, 4.69) is 0 Å². The minimum atomic E-state index is -0.207. The van der Waals surface area contributed by atoms with E-state index in [4.69, 9.17) is 11.6 Å². The second kappa shape index (κ2) is 5.21. The molecule has 0 radical (unpaired) electrons. The highest BCUT2D eigenvalue weighted by atomic mass is 35.5. The lowest BCUT2D eigenvalue weighted by Crippen LogP contribution is -2.08. The molecule has 2 nitrogen and oxygen atoms in total. The molecule has 2 aromatic rings. The molecule has 0 aliphatic heterocycles. The molecule has 0 atom stereocenters. The van der Waals surface area contributed by atoms with E-state index in [0.29, 0.717) is 16.7 Å². The number of benzene rings is 1. The quantitative estimate of drug-likeness (QED) is 0.634. The number of carbonyl (C=O) groups is 1. The van der Waals surface area contributed by atoms with E-state index < -0.39 is 0 Å². The number of hydrogen-bond donors (Lipinski definition) is 0. The predicted octanol–water partition coefficient (Wildman–Crippen LogP) is 3.84. The third-order valence-corrected chi connectivity index (χ3v) is 4.82. The summed E-state index contributed by atoms with van der Waals surface area (Å²) in [4.78, 5) is 23.1. The highest BCUT2D eigenvalue weighted by Crippen LogP contribution is 2.31.